The second-order valence-corrected chi connectivity index (χ2v) is 9.38. The van der Waals surface area contributed by atoms with E-state index in [1.54, 1.807) is 6.08 Å². The first-order valence-corrected chi connectivity index (χ1v) is 10.8. The van der Waals surface area contributed by atoms with E-state index in [2.05, 4.69) is 61.0 Å². The van der Waals surface area contributed by atoms with E-state index in [1.165, 1.54) is 5.56 Å². The summed E-state index contributed by atoms with van der Waals surface area (Å²) in [6.45, 7) is 14.6. The Bertz CT molecular complexity index is 1230. The lowest BCUT2D eigenvalue weighted by Gasteiger charge is -2.20. The summed E-state index contributed by atoms with van der Waals surface area (Å²) in [6, 6.07) is 18.3. The maximum absolute atomic E-state index is 12.7. The second kappa shape index (κ2) is 8.88. The number of hydrogen-bond acceptors (Lipinski definition) is 2. The van der Waals surface area contributed by atoms with Crippen molar-refractivity contribution in [1.29, 1.82) is 5.26 Å². The molecule has 0 aliphatic carbocycles. The van der Waals surface area contributed by atoms with Crippen molar-refractivity contribution in [2.45, 2.75) is 53.9 Å². The van der Waals surface area contributed by atoms with E-state index in [0.717, 1.165) is 33.8 Å². The molecule has 32 heavy (non-hydrogen) atoms. The van der Waals surface area contributed by atoms with E-state index < -0.39 is 5.91 Å². The molecule has 164 valence electrons. The molecule has 0 radical (unpaired) electrons. The summed E-state index contributed by atoms with van der Waals surface area (Å²) in [5, 5.41) is 12.5. The Balaban J connectivity index is 1.91. The molecular formula is C28H31N3O. The zero-order chi connectivity index (χ0) is 23.6. The molecule has 3 rings (SSSR count). The third kappa shape index (κ3) is 4.84. The van der Waals surface area contributed by atoms with Gasteiger partial charge in [-0.25, -0.2) is 0 Å². The first-order valence-electron chi connectivity index (χ1n) is 10.8. The number of nitrogens with one attached hydrogen (secondary N) is 1. The molecule has 0 unspecified atom stereocenters. The van der Waals surface area contributed by atoms with Crippen LogP contribution in [0.1, 0.15) is 54.4 Å². The lowest BCUT2D eigenvalue weighted by Crippen LogP contribution is -2.13. The molecule has 0 aliphatic heterocycles. The Kier molecular flexibility index (Phi) is 6.41. The molecule has 2 aromatic carbocycles. The number of rotatable bonds is 4. The number of amides is 1. The summed E-state index contributed by atoms with van der Waals surface area (Å²) in [6.07, 6.45) is 1.67. The zero-order valence-electron chi connectivity index (χ0n) is 20.0. The fraction of sp³-hybridized carbons (Fsp3) is 0.286. The van der Waals surface area contributed by atoms with Crippen LogP contribution in [0.5, 0.6) is 0 Å². The third-order valence-corrected chi connectivity index (χ3v) is 5.89. The molecular weight excluding hydrogens is 394 g/mol. The summed E-state index contributed by atoms with van der Waals surface area (Å²) in [7, 11) is 0. The van der Waals surface area contributed by atoms with E-state index in [-0.39, 0.29) is 11.0 Å². The predicted molar refractivity (Wildman–Crippen MR) is 132 cm³/mol. The van der Waals surface area contributed by atoms with Crippen LogP contribution in [0.3, 0.4) is 0 Å². The topological polar surface area (TPSA) is 57.8 Å². The van der Waals surface area contributed by atoms with Gasteiger partial charge in [-0.05, 0) is 91.8 Å². The number of carbonyl (C=O) groups excluding carboxylic acids is 1. The van der Waals surface area contributed by atoms with Crippen molar-refractivity contribution >= 4 is 17.7 Å². The van der Waals surface area contributed by atoms with E-state index in [4.69, 9.17) is 0 Å². The minimum Gasteiger partial charge on any atom is -0.321 e. The Morgan fingerprint density at radius 1 is 0.969 bits per heavy atom. The van der Waals surface area contributed by atoms with Crippen molar-refractivity contribution in [1.82, 2.24) is 4.57 Å². The van der Waals surface area contributed by atoms with Crippen LogP contribution in [0, 0.1) is 39.0 Å². The summed E-state index contributed by atoms with van der Waals surface area (Å²) in [5.41, 5.74) is 8.32. The van der Waals surface area contributed by atoms with Gasteiger partial charge in [0.05, 0.1) is 0 Å². The third-order valence-electron chi connectivity index (χ3n) is 5.89. The van der Waals surface area contributed by atoms with Crippen molar-refractivity contribution in [3.8, 4) is 11.8 Å². The highest BCUT2D eigenvalue weighted by atomic mass is 16.1. The molecule has 0 saturated carbocycles. The van der Waals surface area contributed by atoms with Crippen LogP contribution in [0.2, 0.25) is 0 Å². The molecule has 0 atom stereocenters. The zero-order valence-corrected chi connectivity index (χ0v) is 20.0. The van der Waals surface area contributed by atoms with Crippen LogP contribution in [0.4, 0.5) is 5.69 Å². The number of nitriles is 1. The minimum absolute atomic E-state index is 0.0755. The number of benzene rings is 2. The van der Waals surface area contributed by atoms with Crippen LogP contribution < -0.4 is 5.32 Å². The Morgan fingerprint density at radius 2 is 1.62 bits per heavy atom. The van der Waals surface area contributed by atoms with Gasteiger partial charge in [-0.15, -0.1) is 0 Å². The van der Waals surface area contributed by atoms with E-state index in [1.807, 2.05) is 52.0 Å². The van der Waals surface area contributed by atoms with Crippen molar-refractivity contribution in [3.63, 3.8) is 0 Å². The molecule has 1 heterocycles. The first-order chi connectivity index (χ1) is 15.0. The summed E-state index contributed by atoms with van der Waals surface area (Å²) in [5.74, 6) is -0.407. The smallest absolute Gasteiger partial charge is 0.266 e. The molecule has 0 saturated heterocycles. The summed E-state index contributed by atoms with van der Waals surface area (Å²) >= 11 is 0. The van der Waals surface area contributed by atoms with Gasteiger partial charge in [0, 0.05) is 22.8 Å². The van der Waals surface area contributed by atoms with Gasteiger partial charge in [-0.2, -0.15) is 5.26 Å². The molecule has 4 nitrogen and oxygen atoms in total. The highest BCUT2D eigenvalue weighted by Gasteiger charge is 2.16. The van der Waals surface area contributed by atoms with E-state index >= 15 is 0 Å². The highest BCUT2D eigenvalue weighted by molar-refractivity contribution is 6.09. The van der Waals surface area contributed by atoms with Crippen LogP contribution >= 0.6 is 0 Å². The van der Waals surface area contributed by atoms with Gasteiger partial charge < -0.3 is 9.88 Å². The van der Waals surface area contributed by atoms with Crippen molar-refractivity contribution in [2.24, 2.45) is 0 Å². The van der Waals surface area contributed by atoms with Crippen molar-refractivity contribution in [2.75, 3.05) is 5.32 Å². The Hall–Kier alpha value is -3.58. The molecule has 3 aromatic rings. The van der Waals surface area contributed by atoms with E-state index in [9.17, 15) is 10.1 Å². The van der Waals surface area contributed by atoms with Crippen molar-refractivity contribution < 1.29 is 4.79 Å². The maximum atomic E-state index is 12.7. The standard InChI is InChI=1S/C28H31N3O/c1-18-8-11-25(14-19(18)2)30-27(32)23(17-29)16-22-15-20(3)31(21(22)4)26-12-9-24(10-13-26)28(5,6)7/h8-16H,1-7H3,(H,30,32)/b23-16-. The number of nitrogens with zero attached hydrogens (tertiary/aromatic N) is 2. The SMILES string of the molecule is Cc1ccc(NC(=O)/C(C#N)=C\c2cc(C)n(-c3ccc(C(C)(C)C)cc3)c2C)cc1C. The Morgan fingerprint density at radius 3 is 2.19 bits per heavy atom. The molecule has 0 spiro atoms. The maximum Gasteiger partial charge on any atom is 0.266 e. The number of carbonyl (C=O) groups is 1. The van der Waals surface area contributed by atoms with Crippen LogP contribution in [-0.4, -0.2) is 10.5 Å². The molecule has 1 N–H and O–H groups in total. The average molecular weight is 426 g/mol. The van der Waals surface area contributed by atoms with Gasteiger partial charge in [0.25, 0.3) is 5.91 Å². The largest absolute Gasteiger partial charge is 0.321 e. The lowest BCUT2D eigenvalue weighted by atomic mass is 9.87. The number of anilines is 1. The number of aromatic nitrogens is 1. The van der Waals surface area contributed by atoms with Crippen molar-refractivity contribution in [3.05, 3.63) is 87.7 Å². The lowest BCUT2D eigenvalue weighted by molar-refractivity contribution is -0.112. The fourth-order valence-electron chi connectivity index (χ4n) is 3.76. The molecule has 0 fully saturated rings. The Labute approximate surface area is 191 Å². The van der Waals surface area contributed by atoms with Crippen LogP contribution in [0.15, 0.2) is 54.1 Å². The van der Waals surface area contributed by atoms with Crippen LogP contribution in [-0.2, 0) is 10.2 Å². The minimum atomic E-state index is -0.407. The number of hydrogen-bond donors (Lipinski definition) is 1. The quantitative estimate of drug-likeness (QED) is 0.380. The van der Waals surface area contributed by atoms with Crippen LogP contribution in [0.25, 0.3) is 11.8 Å². The van der Waals surface area contributed by atoms with Gasteiger partial charge in [-0.1, -0.05) is 39.0 Å². The summed E-state index contributed by atoms with van der Waals surface area (Å²) < 4.78 is 2.15. The van der Waals surface area contributed by atoms with E-state index in [0.29, 0.717) is 5.69 Å². The highest BCUT2D eigenvalue weighted by Crippen LogP contribution is 2.27. The molecule has 1 amide bonds. The average Bonchev–Trinajstić information content (AvgIpc) is 3.01. The van der Waals surface area contributed by atoms with Gasteiger partial charge >= 0.3 is 0 Å². The monoisotopic (exact) mass is 425 g/mol. The second-order valence-electron chi connectivity index (χ2n) is 9.38. The van der Waals surface area contributed by atoms with Gasteiger partial charge in [0.1, 0.15) is 11.6 Å². The fourth-order valence-corrected chi connectivity index (χ4v) is 3.76. The van der Waals surface area contributed by atoms with Gasteiger partial charge in [-0.3, -0.25) is 4.79 Å². The normalized spacial score (nSPS) is 11.9. The predicted octanol–water partition coefficient (Wildman–Crippen LogP) is 6.55. The van der Waals surface area contributed by atoms with Gasteiger partial charge in [0.15, 0.2) is 0 Å². The molecule has 0 aliphatic rings. The number of aryl methyl sites for hydroxylation is 3. The first kappa shape index (κ1) is 23.1. The van der Waals surface area contributed by atoms with Gasteiger partial charge in [0.2, 0.25) is 0 Å². The molecule has 0 bridgehead atoms. The molecule has 4 heteroatoms. The molecule has 1 aromatic heterocycles. The summed E-state index contributed by atoms with van der Waals surface area (Å²) in [4.78, 5) is 12.7.